The largest absolute Gasteiger partial charge is 0.573 e. The van der Waals surface area contributed by atoms with E-state index in [-0.39, 0.29) is 5.75 Å². The molecule has 0 amide bonds. The summed E-state index contributed by atoms with van der Waals surface area (Å²) in [5.74, 6) is -0.735. The molecule has 0 aliphatic rings. The summed E-state index contributed by atoms with van der Waals surface area (Å²) in [6, 6.07) is 5.30. The van der Waals surface area contributed by atoms with Gasteiger partial charge in [0.1, 0.15) is 10.6 Å². The average Bonchev–Trinajstić information content (AvgIpc) is 2.28. The average molecular weight is 327 g/mol. The summed E-state index contributed by atoms with van der Waals surface area (Å²) >= 11 is 3.12. The zero-order chi connectivity index (χ0) is 13.8. The molecule has 0 bridgehead atoms. The molecule has 0 radical (unpaired) electrons. The Labute approximate surface area is 110 Å². The fraction of sp³-hybridized carbons (Fsp3) is 0.364. The molecule has 0 saturated carbocycles. The monoisotopic (exact) mass is 326 g/mol. The number of benzene rings is 1. The van der Waals surface area contributed by atoms with Gasteiger partial charge in [0.25, 0.3) is 0 Å². The normalized spacial score (nSPS) is 12.9. The van der Waals surface area contributed by atoms with Crippen molar-refractivity contribution in [1.29, 1.82) is 0 Å². The first kappa shape index (κ1) is 14.8. The van der Waals surface area contributed by atoms with Crippen molar-refractivity contribution in [2.45, 2.75) is 17.6 Å². The Balaban J connectivity index is 2.63. The standard InChI is InChI=1S/C11H10BrF3O3/c1-17-10(16)9(12)6-7-2-4-8(5-3-7)18-11(13,14)15/h2-5,9H,6H2,1H3/t9-/m0/s1. The van der Waals surface area contributed by atoms with Crippen LogP contribution in [0.1, 0.15) is 5.56 Å². The minimum atomic E-state index is -4.70. The Morgan fingerprint density at radius 3 is 2.33 bits per heavy atom. The van der Waals surface area contributed by atoms with Gasteiger partial charge in [0.05, 0.1) is 7.11 Å². The third-order valence-electron chi connectivity index (χ3n) is 2.03. The van der Waals surface area contributed by atoms with Crippen molar-refractivity contribution >= 4 is 21.9 Å². The van der Waals surface area contributed by atoms with Gasteiger partial charge in [0.2, 0.25) is 0 Å². The van der Waals surface area contributed by atoms with E-state index in [1.165, 1.54) is 31.4 Å². The Morgan fingerprint density at radius 1 is 1.33 bits per heavy atom. The first-order valence-corrected chi connectivity index (χ1v) is 5.80. The molecule has 0 N–H and O–H groups in total. The van der Waals surface area contributed by atoms with Gasteiger partial charge in [-0.25, -0.2) is 0 Å². The number of carbonyl (C=O) groups excluding carboxylic acids is 1. The number of ether oxygens (including phenoxy) is 2. The maximum Gasteiger partial charge on any atom is 0.573 e. The lowest BCUT2D eigenvalue weighted by Crippen LogP contribution is -2.18. The molecular formula is C11H10BrF3O3. The highest BCUT2D eigenvalue weighted by Gasteiger charge is 2.31. The van der Waals surface area contributed by atoms with Crippen molar-refractivity contribution in [3.8, 4) is 5.75 Å². The molecule has 0 fully saturated rings. The number of esters is 1. The lowest BCUT2D eigenvalue weighted by atomic mass is 10.1. The topological polar surface area (TPSA) is 35.5 Å². The van der Waals surface area contributed by atoms with Crippen molar-refractivity contribution in [1.82, 2.24) is 0 Å². The molecule has 1 rings (SSSR count). The van der Waals surface area contributed by atoms with Gasteiger partial charge in [-0.3, -0.25) is 4.79 Å². The summed E-state index contributed by atoms with van der Waals surface area (Å²) in [4.78, 5) is 10.6. The summed E-state index contributed by atoms with van der Waals surface area (Å²) < 4.78 is 44.0. The molecule has 0 spiro atoms. The lowest BCUT2D eigenvalue weighted by Gasteiger charge is -2.10. The molecule has 1 aromatic carbocycles. The second-order valence-corrected chi connectivity index (χ2v) is 4.49. The third-order valence-corrected chi connectivity index (χ3v) is 2.73. The van der Waals surface area contributed by atoms with E-state index in [9.17, 15) is 18.0 Å². The number of rotatable bonds is 4. The number of hydrogen-bond donors (Lipinski definition) is 0. The van der Waals surface area contributed by atoms with E-state index in [0.29, 0.717) is 12.0 Å². The van der Waals surface area contributed by atoms with Gasteiger partial charge < -0.3 is 9.47 Å². The molecule has 100 valence electrons. The van der Waals surface area contributed by atoms with Gasteiger partial charge in [-0.2, -0.15) is 0 Å². The molecule has 1 atom stereocenters. The predicted octanol–water partition coefficient (Wildman–Crippen LogP) is 3.06. The van der Waals surface area contributed by atoms with Crippen LogP contribution in [-0.2, 0) is 16.0 Å². The Morgan fingerprint density at radius 2 is 1.89 bits per heavy atom. The molecule has 0 aliphatic carbocycles. The highest BCUT2D eigenvalue weighted by atomic mass is 79.9. The fourth-order valence-electron chi connectivity index (χ4n) is 1.25. The number of alkyl halides is 4. The second kappa shape index (κ2) is 6.08. The molecule has 7 heteroatoms. The predicted molar refractivity (Wildman–Crippen MR) is 61.6 cm³/mol. The molecular weight excluding hydrogens is 317 g/mol. The highest BCUT2D eigenvalue weighted by Crippen LogP contribution is 2.23. The van der Waals surface area contributed by atoms with Gasteiger partial charge in [-0.1, -0.05) is 28.1 Å². The van der Waals surface area contributed by atoms with E-state index in [1.807, 2.05) is 0 Å². The summed E-state index contributed by atoms with van der Waals surface area (Å²) in [6.45, 7) is 0. The summed E-state index contributed by atoms with van der Waals surface area (Å²) in [6.07, 6.45) is -4.38. The van der Waals surface area contributed by atoms with E-state index in [2.05, 4.69) is 25.4 Å². The SMILES string of the molecule is COC(=O)[C@@H](Br)Cc1ccc(OC(F)(F)F)cc1. The summed E-state index contributed by atoms with van der Waals surface area (Å²) in [7, 11) is 1.26. The number of hydrogen-bond acceptors (Lipinski definition) is 3. The van der Waals surface area contributed by atoms with Crippen molar-refractivity contribution in [3.63, 3.8) is 0 Å². The minimum absolute atomic E-state index is 0.296. The molecule has 0 unspecified atom stereocenters. The van der Waals surface area contributed by atoms with Crippen molar-refractivity contribution in [2.75, 3.05) is 7.11 Å². The van der Waals surface area contributed by atoms with Crippen LogP contribution >= 0.6 is 15.9 Å². The lowest BCUT2D eigenvalue weighted by molar-refractivity contribution is -0.274. The van der Waals surface area contributed by atoms with Crippen molar-refractivity contribution in [2.24, 2.45) is 0 Å². The Bertz CT molecular complexity index is 403. The van der Waals surface area contributed by atoms with Crippen molar-refractivity contribution < 1.29 is 27.4 Å². The van der Waals surface area contributed by atoms with Gasteiger partial charge in [0.15, 0.2) is 0 Å². The van der Waals surface area contributed by atoms with Crippen LogP contribution < -0.4 is 4.74 Å². The van der Waals surface area contributed by atoms with Crippen molar-refractivity contribution in [3.05, 3.63) is 29.8 Å². The number of methoxy groups -OCH3 is 1. The van der Waals surface area contributed by atoms with Crippen LogP contribution in [0.4, 0.5) is 13.2 Å². The van der Waals surface area contributed by atoms with E-state index in [0.717, 1.165) is 0 Å². The van der Waals surface area contributed by atoms with Gasteiger partial charge in [0, 0.05) is 0 Å². The van der Waals surface area contributed by atoms with Crippen LogP contribution in [0.25, 0.3) is 0 Å². The molecule has 0 heterocycles. The number of halogens is 4. The zero-order valence-corrected chi connectivity index (χ0v) is 10.9. The Kier molecular flexibility index (Phi) is 5.01. The molecule has 1 aromatic rings. The maximum atomic E-state index is 11.9. The van der Waals surface area contributed by atoms with E-state index in [1.54, 1.807) is 0 Å². The maximum absolute atomic E-state index is 11.9. The third kappa shape index (κ3) is 4.95. The molecule has 0 aliphatic heterocycles. The highest BCUT2D eigenvalue weighted by molar-refractivity contribution is 9.10. The molecule has 3 nitrogen and oxygen atoms in total. The molecule has 0 aromatic heterocycles. The van der Waals surface area contributed by atoms with Crippen LogP contribution in [0.5, 0.6) is 5.75 Å². The first-order chi connectivity index (χ1) is 8.31. The van der Waals surface area contributed by atoms with Gasteiger partial charge in [-0.05, 0) is 24.1 Å². The first-order valence-electron chi connectivity index (χ1n) is 4.88. The quantitative estimate of drug-likeness (QED) is 0.630. The van der Waals surface area contributed by atoms with Gasteiger partial charge >= 0.3 is 12.3 Å². The molecule has 0 saturated heterocycles. The summed E-state index contributed by atoms with van der Waals surface area (Å²) in [5.41, 5.74) is 0.691. The minimum Gasteiger partial charge on any atom is -0.468 e. The van der Waals surface area contributed by atoms with E-state index in [4.69, 9.17) is 0 Å². The smallest absolute Gasteiger partial charge is 0.468 e. The second-order valence-electron chi connectivity index (χ2n) is 3.39. The fourth-order valence-corrected chi connectivity index (χ4v) is 1.81. The molecule has 18 heavy (non-hydrogen) atoms. The van der Waals surface area contributed by atoms with Crippen LogP contribution in [0.2, 0.25) is 0 Å². The van der Waals surface area contributed by atoms with Crippen LogP contribution in [-0.4, -0.2) is 24.3 Å². The van der Waals surface area contributed by atoms with Crippen LogP contribution in [0, 0.1) is 0 Å². The van der Waals surface area contributed by atoms with E-state index >= 15 is 0 Å². The summed E-state index contributed by atoms with van der Waals surface area (Å²) in [5, 5.41) is 0. The van der Waals surface area contributed by atoms with Crippen LogP contribution in [0.3, 0.4) is 0 Å². The van der Waals surface area contributed by atoms with Crippen LogP contribution in [0.15, 0.2) is 24.3 Å². The van der Waals surface area contributed by atoms with Gasteiger partial charge in [-0.15, -0.1) is 13.2 Å². The Hall–Kier alpha value is -1.24. The number of carbonyl (C=O) groups is 1. The van der Waals surface area contributed by atoms with E-state index < -0.39 is 17.2 Å². The zero-order valence-electron chi connectivity index (χ0n) is 9.33.